The zero-order chi connectivity index (χ0) is 11.3. The first-order valence-corrected chi connectivity index (χ1v) is 5.58. The van der Waals surface area contributed by atoms with Crippen LogP contribution in [0.25, 0.3) is 0 Å². The van der Waals surface area contributed by atoms with Crippen LogP contribution in [0.15, 0.2) is 47.9 Å². The van der Waals surface area contributed by atoms with E-state index in [2.05, 4.69) is 6.58 Å². The summed E-state index contributed by atoms with van der Waals surface area (Å²) in [5.41, 5.74) is 0.359. The van der Waals surface area contributed by atoms with E-state index in [9.17, 15) is 9.18 Å². The molecule has 0 spiro atoms. The van der Waals surface area contributed by atoms with Crippen molar-refractivity contribution in [3.05, 3.63) is 59.3 Å². The van der Waals surface area contributed by atoms with Crippen molar-refractivity contribution in [1.82, 2.24) is 0 Å². The first-order chi connectivity index (χ1) is 7.19. The zero-order valence-corrected chi connectivity index (χ0v) is 9.18. The Morgan fingerprint density at radius 3 is 2.80 bits per heavy atom. The number of Topliss-reactive ketones (excluding diaryl/α,β-unsaturated/α-hetero) is 1. The molecule has 0 fully saturated rings. The first kappa shape index (κ1) is 11.7. The minimum Gasteiger partial charge on any atom is -0.288 e. The van der Waals surface area contributed by atoms with Crippen molar-refractivity contribution in [2.24, 2.45) is 0 Å². The Balaban J connectivity index is 3.03. The van der Waals surface area contributed by atoms with Crippen molar-refractivity contribution in [1.29, 1.82) is 0 Å². The maximum Gasteiger partial charge on any atom is 0.199 e. The second kappa shape index (κ2) is 5.51. The topological polar surface area (TPSA) is 17.1 Å². The van der Waals surface area contributed by atoms with Crippen LogP contribution in [0.1, 0.15) is 10.4 Å². The fourth-order valence-electron chi connectivity index (χ4n) is 1.12. The third-order valence-electron chi connectivity index (χ3n) is 1.80. The lowest BCUT2D eigenvalue weighted by atomic mass is 10.1. The molecule has 1 aromatic rings. The van der Waals surface area contributed by atoms with Crippen LogP contribution in [0.2, 0.25) is 0 Å². The highest BCUT2D eigenvalue weighted by molar-refractivity contribution is 8.03. The van der Waals surface area contributed by atoms with Crippen LogP contribution in [0.3, 0.4) is 0 Å². The van der Waals surface area contributed by atoms with E-state index < -0.39 is 5.82 Å². The van der Waals surface area contributed by atoms with Crippen molar-refractivity contribution in [2.45, 2.75) is 0 Å². The average Bonchev–Trinajstić information content (AvgIpc) is 2.25. The SMILES string of the molecule is C=C/C=C(\SC)C(=O)c1cccc(F)c1. The van der Waals surface area contributed by atoms with Gasteiger partial charge < -0.3 is 0 Å². The number of carbonyl (C=O) groups is 1. The van der Waals surface area contributed by atoms with Crippen LogP contribution < -0.4 is 0 Å². The number of ketones is 1. The summed E-state index contributed by atoms with van der Waals surface area (Å²) < 4.78 is 12.9. The minimum atomic E-state index is -0.403. The predicted octanol–water partition coefficient (Wildman–Crippen LogP) is 3.44. The van der Waals surface area contributed by atoms with E-state index in [1.165, 1.54) is 30.0 Å². The van der Waals surface area contributed by atoms with Gasteiger partial charge in [-0.15, -0.1) is 11.8 Å². The second-order valence-corrected chi connectivity index (χ2v) is 3.66. The number of hydrogen-bond acceptors (Lipinski definition) is 2. The normalized spacial score (nSPS) is 11.2. The largest absolute Gasteiger partial charge is 0.288 e. The average molecular weight is 222 g/mol. The number of benzene rings is 1. The molecule has 0 aliphatic carbocycles. The molecule has 1 rings (SSSR count). The predicted molar refractivity (Wildman–Crippen MR) is 62.5 cm³/mol. The molecule has 0 unspecified atom stereocenters. The molecule has 78 valence electrons. The van der Waals surface area contributed by atoms with Gasteiger partial charge in [-0.05, 0) is 24.5 Å². The minimum absolute atomic E-state index is 0.179. The number of hydrogen-bond donors (Lipinski definition) is 0. The summed E-state index contributed by atoms with van der Waals surface area (Å²) in [6.07, 6.45) is 4.97. The van der Waals surface area contributed by atoms with Gasteiger partial charge in [0.15, 0.2) is 5.78 Å². The lowest BCUT2D eigenvalue weighted by molar-refractivity contribution is 0.104. The van der Waals surface area contributed by atoms with Gasteiger partial charge in [-0.25, -0.2) is 4.39 Å². The number of halogens is 1. The lowest BCUT2D eigenvalue weighted by Gasteiger charge is -2.02. The number of rotatable bonds is 4. The molecule has 0 bridgehead atoms. The molecule has 0 saturated heterocycles. The third-order valence-corrected chi connectivity index (χ3v) is 2.56. The lowest BCUT2D eigenvalue weighted by Crippen LogP contribution is -2.00. The number of carbonyl (C=O) groups excluding carboxylic acids is 1. The van der Waals surface area contributed by atoms with Crippen LogP contribution in [0.5, 0.6) is 0 Å². The first-order valence-electron chi connectivity index (χ1n) is 4.36. The highest BCUT2D eigenvalue weighted by Crippen LogP contribution is 2.18. The Hall–Kier alpha value is -1.35. The van der Waals surface area contributed by atoms with Crippen LogP contribution in [0, 0.1) is 5.82 Å². The van der Waals surface area contributed by atoms with Crippen molar-refractivity contribution < 1.29 is 9.18 Å². The molecular weight excluding hydrogens is 211 g/mol. The van der Waals surface area contributed by atoms with E-state index in [-0.39, 0.29) is 5.78 Å². The molecule has 0 aliphatic rings. The summed E-state index contributed by atoms with van der Waals surface area (Å²) in [7, 11) is 0. The highest BCUT2D eigenvalue weighted by atomic mass is 32.2. The molecule has 0 N–H and O–H groups in total. The van der Waals surface area contributed by atoms with Crippen molar-refractivity contribution in [3.8, 4) is 0 Å². The van der Waals surface area contributed by atoms with Gasteiger partial charge in [-0.2, -0.15) is 0 Å². The summed E-state index contributed by atoms with van der Waals surface area (Å²) in [4.78, 5) is 12.4. The fourth-order valence-corrected chi connectivity index (χ4v) is 1.65. The van der Waals surface area contributed by atoms with E-state index in [4.69, 9.17) is 0 Å². The molecule has 1 nitrogen and oxygen atoms in total. The highest BCUT2D eigenvalue weighted by Gasteiger charge is 2.10. The number of allylic oxidation sites excluding steroid dienone is 3. The van der Waals surface area contributed by atoms with Gasteiger partial charge in [-0.3, -0.25) is 4.79 Å². The van der Waals surface area contributed by atoms with E-state index in [0.717, 1.165) is 0 Å². The second-order valence-electron chi connectivity index (χ2n) is 2.81. The molecule has 0 saturated carbocycles. The third kappa shape index (κ3) is 3.06. The van der Waals surface area contributed by atoms with Crippen molar-refractivity contribution in [2.75, 3.05) is 6.26 Å². The molecule has 0 amide bonds. The Morgan fingerprint density at radius 2 is 2.27 bits per heavy atom. The van der Waals surface area contributed by atoms with E-state index in [0.29, 0.717) is 10.5 Å². The van der Waals surface area contributed by atoms with E-state index in [1.807, 2.05) is 0 Å². The molecule has 3 heteroatoms. The van der Waals surface area contributed by atoms with Crippen LogP contribution in [0.4, 0.5) is 4.39 Å². The monoisotopic (exact) mass is 222 g/mol. The summed E-state index contributed by atoms with van der Waals surface area (Å²) >= 11 is 1.32. The van der Waals surface area contributed by atoms with Gasteiger partial charge in [0.1, 0.15) is 5.82 Å². The quantitative estimate of drug-likeness (QED) is 0.441. The van der Waals surface area contributed by atoms with Gasteiger partial charge >= 0.3 is 0 Å². The molecule has 0 atom stereocenters. The Kier molecular flexibility index (Phi) is 4.31. The summed E-state index contributed by atoms with van der Waals surface area (Å²) in [6.45, 7) is 3.53. The van der Waals surface area contributed by atoms with Crippen molar-refractivity contribution in [3.63, 3.8) is 0 Å². The summed E-state index contributed by atoms with van der Waals surface area (Å²) in [6, 6.07) is 5.66. The van der Waals surface area contributed by atoms with Crippen LogP contribution in [-0.2, 0) is 0 Å². The molecule has 0 aromatic heterocycles. The molecular formula is C12H11FOS. The Morgan fingerprint density at radius 1 is 1.53 bits per heavy atom. The van der Waals surface area contributed by atoms with Gasteiger partial charge in [-0.1, -0.05) is 24.8 Å². The van der Waals surface area contributed by atoms with Crippen LogP contribution in [-0.4, -0.2) is 12.0 Å². The van der Waals surface area contributed by atoms with Gasteiger partial charge in [0.25, 0.3) is 0 Å². The molecule has 0 heterocycles. The fraction of sp³-hybridized carbons (Fsp3) is 0.0833. The molecule has 0 aliphatic heterocycles. The smallest absolute Gasteiger partial charge is 0.199 e. The standard InChI is InChI=1S/C12H11FOS/c1-3-5-11(15-2)12(14)9-6-4-7-10(13)8-9/h3-8H,1H2,2H3/b11-5-. The maximum atomic E-state index is 12.9. The molecule has 15 heavy (non-hydrogen) atoms. The van der Waals surface area contributed by atoms with Gasteiger partial charge in [0.05, 0.1) is 4.91 Å². The molecule has 0 radical (unpaired) electrons. The summed E-state index contributed by atoms with van der Waals surface area (Å²) in [5, 5.41) is 0. The maximum absolute atomic E-state index is 12.9. The van der Waals surface area contributed by atoms with E-state index >= 15 is 0 Å². The molecule has 1 aromatic carbocycles. The van der Waals surface area contributed by atoms with E-state index in [1.54, 1.807) is 24.5 Å². The van der Waals surface area contributed by atoms with Gasteiger partial charge in [0.2, 0.25) is 0 Å². The Bertz CT molecular complexity index is 410. The Labute approximate surface area is 92.7 Å². The van der Waals surface area contributed by atoms with Crippen LogP contribution >= 0.6 is 11.8 Å². The zero-order valence-electron chi connectivity index (χ0n) is 8.37. The summed E-state index contributed by atoms with van der Waals surface area (Å²) in [5.74, 6) is -0.582. The number of thioether (sulfide) groups is 1. The van der Waals surface area contributed by atoms with Gasteiger partial charge in [0, 0.05) is 5.56 Å². The van der Waals surface area contributed by atoms with Crippen molar-refractivity contribution >= 4 is 17.5 Å².